The molecular formula is C14H24F3NO2. The summed E-state index contributed by atoms with van der Waals surface area (Å²) >= 11 is 0. The second-order valence-corrected chi connectivity index (χ2v) is 6.08. The minimum Gasteiger partial charge on any atom is -0.393 e. The van der Waals surface area contributed by atoms with Crippen LogP contribution in [0, 0.1) is 0 Å². The molecule has 0 aromatic heterocycles. The zero-order valence-corrected chi connectivity index (χ0v) is 11.7. The van der Waals surface area contributed by atoms with Crippen molar-refractivity contribution in [1.29, 1.82) is 0 Å². The van der Waals surface area contributed by atoms with Crippen molar-refractivity contribution in [3.63, 3.8) is 0 Å². The number of hydrogen-bond donors (Lipinski definition) is 2. The second-order valence-electron chi connectivity index (χ2n) is 6.08. The van der Waals surface area contributed by atoms with Crippen molar-refractivity contribution in [2.45, 2.75) is 81.8 Å². The van der Waals surface area contributed by atoms with Crippen LogP contribution in [-0.4, -0.2) is 42.2 Å². The van der Waals surface area contributed by atoms with Crippen LogP contribution in [0.15, 0.2) is 0 Å². The van der Waals surface area contributed by atoms with Gasteiger partial charge < -0.3 is 15.2 Å². The Morgan fingerprint density at radius 1 is 1.00 bits per heavy atom. The second kappa shape index (κ2) is 7.09. The monoisotopic (exact) mass is 295 g/mol. The molecule has 2 unspecified atom stereocenters. The van der Waals surface area contributed by atoms with Gasteiger partial charge in [-0.1, -0.05) is 0 Å². The van der Waals surface area contributed by atoms with E-state index in [0.717, 1.165) is 44.9 Å². The minimum atomic E-state index is -4.24. The highest BCUT2D eigenvalue weighted by Gasteiger charge is 2.32. The predicted molar refractivity (Wildman–Crippen MR) is 69.4 cm³/mol. The van der Waals surface area contributed by atoms with Crippen LogP contribution in [0.5, 0.6) is 0 Å². The van der Waals surface area contributed by atoms with Gasteiger partial charge in [-0.25, -0.2) is 0 Å². The van der Waals surface area contributed by atoms with Gasteiger partial charge in [0.2, 0.25) is 0 Å². The van der Waals surface area contributed by atoms with Gasteiger partial charge in [0.15, 0.2) is 0 Å². The number of aliphatic hydroxyl groups excluding tert-OH is 1. The van der Waals surface area contributed by atoms with Crippen LogP contribution in [0.3, 0.4) is 0 Å². The Morgan fingerprint density at radius 3 is 2.35 bits per heavy atom. The van der Waals surface area contributed by atoms with E-state index in [1.54, 1.807) is 0 Å². The summed E-state index contributed by atoms with van der Waals surface area (Å²) in [6.45, 7) is -1.14. The lowest BCUT2D eigenvalue weighted by Crippen LogP contribution is -2.45. The minimum absolute atomic E-state index is 0.178. The molecule has 2 aliphatic rings. The Balaban J connectivity index is 1.70. The lowest BCUT2D eigenvalue weighted by atomic mass is 9.88. The maximum Gasteiger partial charge on any atom is 0.411 e. The number of ether oxygens (including phenoxy) is 1. The molecule has 2 atom stereocenters. The highest BCUT2D eigenvalue weighted by atomic mass is 19.4. The summed E-state index contributed by atoms with van der Waals surface area (Å²) in [6.07, 6.45) is 2.14. The average molecular weight is 295 g/mol. The maximum absolute atomic E-state index is 12.2. The zero-order valence-electron chi connectivity index (χ0n) is 11.7. The molecule has 0 heterocycles. The zero-order chi connectivity index (χ0) is 14.6. The first kappa shape index (κ1) is 16.0. The van der Waals surface area contributed by atoms with Crippen molar-refractivity contribution < 1.29 is 23.0 Å². The number of rotatable bonds is 4. The van der Waals surface area contributed by atoms with E-state index in [9.17, 15) is 18.3 Å². The van der Waals surface area contributed by atoms with Crippen molar-refractivity contribution in [3.05, 3.63) is 0 Å². The smallest absolute Gasteiger partial charge is 0.393 e. The van der Waals surface area contributed by atoms with E-state index >= 15 is 0 Å². The van der Waals surface area contributed by atoms with Gasteiger partial charge in [-0.15, -0.1) is 0 Å². The third kappa shape index (κ3) is 5.58. The fraction of sp³-hybridized carbons (Fsp3) is 1.00. The Hall–Kier alpha value is -0.330. The van der Waals surface area contributed by atoms with Gasteiger partial charge >= 0.3 is 6.18 Å². The molecule has 0 aliphatic heterocycles. The molecule has 3 nitrogen and oxygen atoms in total. The third-order valence-electron chi connectivity index (χ3n) is 4.28. The maximum atomic E-state index is 12.2. The van der Waals surface area contributed by atoms with Crippen LogP contribution in [0.1, 0.15) is 51.4 Å². The van der Waals surface area contributed by atoms with Gasteiger partial charge in [-0.3, -0.25) is 0 Å². The highest BCUT2D eigenvalue weighted by Crippen LogP contribution is 2.26. The van der Waals surface area contributed by atoms with Gasteiger partial charge in [0.25, 0.3) is 0 Å². The molecule has 118 valence electrons. The molecule has 6 heteroatoms. The van der Waals surface area contributed by atoms with Gasteiger partial charge in [-0.2, -0.15) is 13.2 Å². The van der Waals surface area contributed by atoms with Crippen LogP contribution in [0.4, 0.5) is 13.2 Å². The lowest BCUT2D eigenvalue weighted by Gasteiger charge is -2.35. The molecule has 0 saturated heterocycles. The van der Waals surface area contributed by atoms with E-state index < -0.39 is 12.8 Å². The standard InChI is InChI=1S/C14H24F3NO2/c15-14(16,17)9-20-13-3-1-2-11(8-13)18-10-4-6-12(19)7-5-10/h10-13,18-19H,1-9H2. The summed E-state index contributed by atoms with van der Waals surface area (Å²) in [7, 11) is 0. The first-order valence-corrected chi connectivity index (χ1v) is 7.55. The Labute approximate surface area is 117 Å². The highest BCUT2D eigenvalue weighted by molar-refractivity contribution is 4.84. The number of alkyl halides is 3. The van der Waals surface area contributed by atoms with Crippen molar-refractivity contribution in [2.75, 3.05) is 6.61 Å². The summed E-state index contributed by atoms with van der Waals surface area (Å²) in [6, 6.07) is 0.645. The number of hydrogen-bond acceptors (Lipinski definition) is 3. The Morgan fingerprint density at radius 2 is 1.70 bits per heavy atom. The fourth-order valence-corrected chi connectivity index (χ4v) is 3.24. The number of aliphatic hydroxyl groups is 1. The molecule has 2 fully saturated rings. The molecule has 0 spiro atoms. The van der Waals surface area contributed by atoms with Gasteiger partial charge in [0.05, 0.1) is 12.2 Å². The quantitative estimate of drug-likeness (QED) is 0.838. The van der Waals surface area contributed by atoms with Gasteiger partial charge in [0, 0.05) is 12.1 Å². The van der Waals surface area contributed by atoms with Crippen molar-refractivity contribution >= 4 is 0 Å². The molecule has 0 bridgehead atoms. The Bertz CT molecular complexity index is 291. The molecule has 20 heavy (non-hydrogen) atoms. The predicted octanol–water partition coefficient (Wildman–Crippen LogP) is 2.77. The largest absolute Gasteiger partial charge is 0.411 e. The first-order chi connectivity index (χ1) is 9.42. The summed E-state index contributed by atoms with van der Waals surface area (Å²) in [5, 5.41) is 13.0. The first-order valence-electron chi connectivity index (χ1n) is 7.55. The number of nitrogens with one attached hydrogen (secondary N) is 1. The van der Waals surface area contributed by atoms with E-state index in [2.05, 4.69) is 5.32 Å². The van der Waals surface area contributed by atoms with Crippen LogP contribution in [-0.2, 0) is 4.74 Å². The summed E-state index contributed by atoms with van der Waals surface area (Å²) in [5.74, 6) is 0. The Kier molecular flexibility index (Phi) is 5.69. The van der Waals surface area contributed by atoms with Crippen LogP contribution >= 0.6 is 0 Å². The normalized spacial score (nSPS) is 36.0. The molecule has 2 saturated carbocycles. The molecular weight excluding hydrogens is 271 g/mol. The van der Waals surface area contributed by atoms with Gasteiger partial charge in [-0.05, 0) is 51.4 Å². The lowest BCUT2D eigenvalue weighted by molar-refractivity contribution is -0.188. The molecule has 2 aliphatic carbocycles. The summed E-state index contributed by atoms with van der Waals surface area (Å²) < 4.78 is 41.4. The van der Waals surface area contributed by atoms with E-state index in [0.29, 0.717) is 12.5 Å². The third-order valence-corrected chi connectivity index (χ3v) is 4.28. The molecule has 0 aromatic carbocycles. The topological polar surface area (TPSA) is 41.5 Å². The van der Waals surface area contributed by atoms with Crippen LogP contribution in [0.2, 0.25) is 0 Å². The van der Waals surface area contributed by atoms with E-state index in [-0.39, 0.29) is 18.2 Å². The molecule has 0 aromatic rings. The van der Waals surface area contributed by atoms with Crippen molar-refractivity contribution in [3.8, 4) is 0 Å². The van der Waals surface area contributed by atoms with Gasteiger partial charge in [0.1, 0.15) is 6.61 Å². The van der Waals surface area contributed by atoms with Crippen molar-refractivity contribution in [2.24, 2.45) is 0 Å². The fourth-order valence-electron chi connectivity index (χ4n) is 3.24. The summed E-state index contributed by atoms with van der Waals surface area (Å²) in [4.78, 5) is 0. The molecule has 2 rings (SSSR count). The van der Waals surface area contributed by atoms with Crippen LogP contribution < -0.4 is 5.32 Å². The van der Waals surface area contributed by atoms with E-state index in [4.69, 9.17) is 4.74 Å². The van der Waals surface area contributed by atoms with E-state index in [1.165, 1.54) is 0 Å². The molecule has 0 radical (unpaired) electrons. The SMILES string of the molecule is OC1CCC(NC2CCCC(OCC(F)(F)F)C2)CC1. The van der Waals surface area contributed by atoms with E-state index in [1.807, 2.05) is 0 Å². The van der Waals surface area contributed by atoms with Crippen LogP contribution in [0.25, 0.3) is 0 Å². The molecule has 2 N–H and O–H groups in total. The van der Waals surface area contributed by atoms with Crippen molar-refractivity contribution in [1.82, 2.24) is 5.32 Å². The average Bonchev–Trinajstić information content (AvgIpc) is 2.39. The summed E-state index contributed by atoms with van der Waals surface area (Å²) in [5.41, 5.74) is 0. The number of halogens is 3. The molecule has 0 amide bonds.